The molecule has 0 aromatic heterocycles. The van der Waals surface area contributed by atoms with Gasteiger partial charge in [0.2, 0.25) is 0 Å². The van der Waals surface area contributed by atoms with Crippen molar-refractivity contribution in [1.29, 1.82) is 0 Å². The van der Waals surface area contributed by atoms with Crippen LogP contribution < -0.4 is 9.47 Å². The molecule has 0 aliphatic heterocycles. The molecule has 0 atom stereocenters. The number of aryl methyl sites for hydroxylation is 1. The molecule has 0 aliphatic rings. The molecule has 2 nitrogen and oxygen atoms in total. The molecule has 2 heteroatoms. The van der Waals surface area contributed by atoms with Gasteiger partial charge in [0.1, 0.15) is 11.5 Å². The lowest BCUT2D eigenvalue weighted by Crippen LogP contribution is -1.91. The van der Waals surface area contributed by atoms with Crippen LogP contribution in [-0.2, 0) is 0 Å². The van der Waals surface area contributed by atoms with Crippen LogP contribution in [0, 0.1) is 6.92 Å². The van der Waals surface area contributed by atoms with E-state index < -0.39 is 0 Å². The Bertz CT molecular complexity index is 760. The average molecular weight is 252 g/mol. The Kier molecular flexibility index (Phi) is 2.79. The van der Waals surface area contributed by atoms with E-state index in [0.717, 1.165) is 22.3 Å². The van der Waals surface area contributed by atoms with E-state index in [0.29, 0.717) is 0 Å². The maximum absolute atomic E-state index is 5.52. The molecule has 3 aromatic carbocycles. The quantitative estimate of drug-likeness (QED) is 0.632. The number of benzene rings is 3. The molecule has 0 radical (unpaired) electrons. The van der Waals surface area contributed by atoms with Gasteiger partial charge in [-0.1, -0.05) is 24.3 Å². The monoisotopic (exact) mass is 252 g/mol. The molecule has 0 unspecified atom stereocenters. The van der Waals surface area contributed by atoms with E-state index >= 15 is 0 Å². The zero-order chi connectivity index (χ0) is 13.4. The van der Waals surface area contributed by atoms with Gasteiger partial charge in [0, 0.05) is 10.8 Å². The van der Waals surface area contributed by atoms with Gasteiger partial charge >= 0.3 is 0 Å². The van der Waals surface area contributed by atoms with Crippen LogP contribution in [0.25, 0.3) is 21.5 Å². The molecule has 0 saturated heterocycles. The van der Waals surface area contributed by atoms with Crippen molar-refractivity contribution in [3.05, 3.63) is 48.0 Å². The first kappa shape index (κ1) is 11.8. The molecule has 0 fully saturated rings. The van der Waals surface area contributed by atoms with E-state index in [4.69, 9.17) is 9.47 Å². The standard InChI is InChI=1S/C17H16O2/c1-11-5-4-6-13-12(11)7-8-14-15(18-2)9-10-16(19-3)17(13)14/h4-10H,1-3H3. The van der Waals surface area contributed by atoms with Gasteiger partial charge in [-0.25, -0.2) is 0 Å². The summed E-state index contributed by atoms with van der Waals surface area (Å²) in [5.41, 5.74) is 1.27. The highest BCUT2D eigenvalue weighted by atomic mass is 16.5. The zero-order valence-electron chi connectivity index (χ0n) is 11.4. The number of methoxy groups -OCH3 is 2. The minimum atomic E-state index is 0.874. The molecule has 0 amide bonds. The van der Waals surface area contributed by atoms with Crippen LogP contribution >= 0.6 is 0 Å². The Balaban J connectivity index is 2.56. The smallest absolute Gasteiger partial charge is 0.127 e. The number of ether oxygens (including phenoxy) is 2. The first-order chi connectivity index (χ1) is 9.26. The molecular formula is C17H16O2. The van der Waals surface area contributed by atoms with Gasteiger partial charge in [-0.3, -0.25) is 0 Å². The molecular weight excluding hydrogens is 236 g/mol. The third kappa shape index (κ3) is 1.72. The van der Waals surface area contributed by atoms with Crippen LogP contribution in [0.4, 0.5) is 0 Å². The van der Waals surface area contributed by atoms with Crippen LogP contribution in [0.5, 0.6) is 11.5 Å². The topological polar surface area (TPSA) is 18.5 Å². The molecule has 0 spiro atoms. The molecule has 0 saturated carbocycles. The van der Waals surface area contributed by atoms with Crippen LogP contribution in [0.2, 0.25) is 0 Å². The summed E-state index contributed by atoms with van der Waals surface area (Å²) >= 11 is 0. The van der Waals surface area contributed by atoms with Crippen molar-refractivity contribution < 1.29 is 9.47 Å². The predicted molar refractivity (Wildman–Crippen MR) is 79.3 cm³/mol. The summed E-state index contributed by atoms with van der Waals surface area (Å²) in [5, 5.41) is 4.65. The van der Waals surface area contributed by atoms with Crippen molar-refractivity contribution in [2.75, 3.05) is 14.2 Å². The van der Waals surface area contributed by atoms with Gasteiger partial charge in [0.25, 0.3) is 0 Å². The Morgan fingerprint density at radius 3 is 2.11 bits per heavy atom. The molecule has 0 bridgehead atoms. The van der Waals surface area contributed by atoms with Gasteiger partial charge in [0.15, 0.2) is 0 Å². The molecule has 19 heavy (non-hydrogen) atoms. The number of rotatable bonds is 2. The van der Waals surface area contributed by atoms with Crippen molar-refractivity contribution in [2.24, 2.45) is 0 Å². The van der Waals surface area contributed by atoms with E-state index in [9.17, 15) is 0 Å². The summed E-state index contributed by atoms with van der Waals surface area (Å²) < 4.78 is 11.0. The van der Waals surface area contributed by atoms with Gasteiger partial charge in [0.05, 0.1) is 14.2 Å². The minimum absolute atomic E-state index is 0.874. The summed E-state index contributed by atoms with van der Waals surface area (Å²) in [7, 11) is 3.40. The minimum Gasteiger partial charge on any atom is -0.496 e. The normalized spacial score (nSPS) is 10.9. The molecule has 0 heterocycles. The number of fused-ring (bicyclic) bond motifs is 3. The maximum Gasteiger partial charge on any atom is 0.127 e. The van der Waals surface area contributed by atoms with Gasteiger partial charge < -0.3 is 9.47 Å². The van der Waals surface area contributed by atoms with Crippen molar-refractivity contribution in [1.82, 2.24) is 0 Å². The highest BCUT2D eigenvalue weighted by molar-refractivity contribution is 6.13. The Labute approximate surface area is 112 Å². The third-order valence-corrected chi connectivity index (χ3v) is 3.62. The highest BCUT2D eigenvalue weighted by Gasteiger charge is 2.11. The molecule has 96 valence electrons. The fraction of sp³-hybridized carbons (Fsp3) is 0.176. The first-order valence-corrected chi connectivity index (χ1v) is 6.29. The molecule has 0 N–H and O–H groups in total. The van der Waals surface area contributed by atoms with Crippen molar-refractivity contribution >= 4 is 21.5 Å². The van der Waals surface area contributed by atoms with E-state index in [1.807, 2.05) is 12.1 Å². The van der Waals surface area contributed by atoms with E-state index in [1.165, 1.54) is 16.3 Å². The Morgan fingerprint density at radius 1 is 0.684 bits per heavy atom. The molecule has 3 rings (SSSR count). The van der Waals surface area contributed by atoms with Gasteiger partial charge in [-0.15, -0.1) is 0 Å². The van der Waals surface area contributed by atoms with Crippen molar-refractivity contribution in [3.63, 3.8) is 0 Å². The maximum atomic E-state index is 5.52. The van der Waals surface area contributed by atoms with Crippen LogP contribution in [0.3, 0.4) is 0 Å². The van der Waals surface area contributed by atoms with Crippen LogP contribution in [-0.4, -0.2) is 14.2 Å². The second-order valence-electron chi connectivity index (χ2n) is 4.63. The summed E-state index contributed by atoms with van der Waals surface area (Å²) in [5.74, 6) is 1.76. The Hall–Kier alpha value is -2.22. The summed E-state index contributed by atoms with van der Waals surface area (Å²) in [6.07, 6.45) is 0. The summed E-state index contributed by atoms with van der Waals surface area (Å²) in [6, 6.07) is 14.5. The van der Waals surface area contributed by atoms with Crippen LogP contribution in [0.15, 0.2) is 42.5 Å². The number of hydrogen-bond donors (Lipinski definition) is 0. The van der Waals surface area contributed by atoms with E-state index in [1.54, 1.807) is 14.2 Å². The fourth-order valence-electron chi connectivity index (χ4n) is 2.66. The summed E-state index contributed by atoms with van der Waals surface area (Å²) in [4.78, 5) is 0. The number of hydrogen-bond acceptors (Lipinski definition) is 2. The lowest BCUT2D eigenvalue weighted by Gasteiger charge is -2.13. The Morgan fingerprint density at radius 2 is 1.37 bits per heavy atom. The fourth-order valence-corrected chi connectivity index (χ4v) is 2.66. The van der Waals surface area contributed by atoms with Gasteiger partial charge in [-0.2, -0.15) is 0 Å². The van der Waals surface area contributed by atoms with Gasteiger partial charge in [-0.05, 0) is 41.5 Å². The van der Waals surface area contributed by atoms with Crippen LogP contribution in [0.1, 0.15) is 5.56 Å². The third-order valence-electron chi connectivity index (χ3n) is 3.62. The van der Waals surface area contributed by atoms with Crippen molar-refractivity contribution in [3.8, 4) is 11.5 Å². The molecule has 0 aliphatic carbocycles. The second kappa shape index (κ2) is 4.47. The highest BCUT2D eigenvalue weighted by Crippen LogP contribution is 2.38. The van der Waals surface area contributed by atoms with E-state index in [2.05, 4.69) is 37.3 Å². The predicted octanol–water partition coefficient (Wildman–Crippen LogP) is 4.32. The SMILES string of the molecule is COc1ccc(OC)c2c1ccc1c(C)cccc12. The largest absolute Gasteiger partial charge is 0.496 e. The second-order valence-corrected chi connectivity index (χ2v) is 4.63. The lowest BCUT2D eigenvalue weighted by molar-refractivity contribution is 0.410. The van der Waals surface area contributed by atoms with E-state index in [-0.39, 0.29) is 0 Å². The summed E-state index contributed by atoms with van der Waals surface area (Å²) in [6.45, 7) is 2.13. The first-order valence-electron chi connectivity index (χ1n) is 6.29. The van der Waals surface area contributed by atoms with Crippen molar-refractivity contribution in [2.45, 2.75) is 6.92 Å². The average Bonchev–Trinajstić information content (AvgIpc) is 2.46. The lowest BCUT2D eigenvalue weighted by atomic mass is 9.98. The zero-order valence-corrected chi connectivity index (χ0v) is 11.4. The molecule has 3 aromatic rings.